The largest absolute Gasteiger partial charge is 0.508 e. The number of aromatic hydroxyl groups is 1. The van der Waals surface area contributed by atoms with Gasteiger partial charge in [-0.05, 0) is 79.3 Å². The maximum Gasteiger partial charge on any atom is 0.319 e. The zero-order chi connectivity index (χ0) is 31.5. The van der Waals surface area contributed by atoms with Crippen molar-refractivity contribution in [2.24, 2.45) is 0 Å². The molecule has 12 heteroatoms. The first kappa shape index (κ1) is 28.7. The molecule has 2 N–H and O–H groups in total. The van der Waals surface area contributed by atoms with Gasteiger partial charge in [0.2, 0.25) is 0 Å². The van der Waals surface area contributed by atoms with Crippen LogP contribution >= 0.6 is 11.6 Å². The van der Waals surface area contributed by atoms with Gasteiger partial charge in [-0.3, -0.25) is 4.90 Å². The van der Waals surface area contributed by atoms with Crippen molar-refractivity contribution in [2.45, 2.75) is 68.9 Å². The summed E-state index contributed by atoms with van der Waals surface area (Å²) in [4.78, 5) is 13.8. The van der Waals surface area contributed by atoms with Gasteiger partial charge in [-0.15, -0.1) is 0 Å². The minimum Gasteiger partial charge on any atom is -0.508 e. The zero-order valence-corrected chi connectivity index (χ0v) is 26.0. The standard InChI is InChI=1S/C34H33ClF3N5O3/c1-16-22(37)5-3-17-9-20(44)10-21(25(16)17)26-28(35)31-27-30(29(26)38)40-33(46-15-34-7-2-8-42(34)12-18(36)11-34)41-32(27)43-13-19-4-6-23(39-19)24(43)14-45-31/h3,5,9-10,18-19,23-24,39,44H,2,4,6-8,11-15H2,1H3/t18-,19-,23+,24-,34+/m1/s1. The van der Waals surface area contributed by atoms with Crippen molar-refractivity contribution in [3.05, 3.63) is 46.5 Å². The van der Waals surface area contributed by atoms with E-state index in [1.54, 1.807) is 13.0 Å². The summed E-state index contributed by atoms with van der Waals surface area (Å²) in [7, 11) is 0. The molecule has 3 aromatic carbocycles. The Morgan fingerprint density at radius 3 is 2.91 bits per heavy atom. The molecule has 5 aliphatic rings. The number of anilines is 1. The number of halogens is 4. The third-order valence-corrected chi connectivity index (χ3v) is 11.3. The molecule has 9 rings (SSSR count). The van der Waals surface area contributed by atoms with Crippen LogP contribution < -0.4 is 19.7 Å². The number of piperazine rings is 1. The van der Waals surface area contributed by atoms with Gasteiger partial charge in [-0.1, -0.05) is 17.7 Å². The SMILES string of the molecule is Cc1c(F)ccc2cc(O)cc(-c3c(Cl)c4c5c(nc(OC[C@@]67CCCN6C[C@H](F)C7)nc5c3F)N3C[C@H]5CC[C@H](N5)[C@H]3CO4)c12. The lowest BCUT2D eigenvalue weighted by atomic mass is 9.93. The van der Waals surface area contributed by atoms with Crippen LogP contribution in [0.3, 0.4) is 0 Å². The number of nitrogens with one attached hydrogen (secondary N) is 1. The molecule has 0 unspecified atom stereocenters. The molecule has 0 amide bonds. The molecule has 8 nitrogen and oxygen atoms in total. The number of ether oxygens (including phenoxy) is 2. The van der Waals surface area contributed by atoms with Crippen molar-refractivity contribution in [2.75, 3.05) is 37.7 Å². The fourth-order valence-corrected chi connectivity index (χ4v) is 9.17. The van der Waals surface area contributed by atoms with Crippen LogP contribution in [-0.2, 0) is 0 Å². The highest BCUT2D eigenvalue weighted by Gasteiger charge is 2.50. The fraction of sp³-hybridized carbons (Fsp3) is 0.471. The molecule has 4 aromatic rings. The smallest absolute Gasteiger partial charge is 0.319 e. The molecule has 0 aliphatic carbocycles. The second kappa shape index (κ2) is 10.2. The molecule has 0 saturated carbocycles. The van der Waals surface area contributed by atoms with Crippen LogP contribution in [0, 0.1) is 18.6 Å². The number of phenols is 1. The maximum absolute atomic E-state index is 17.2. The quantitative estimate of drug-likeness (QED) is 0.276. The molecule has 46 heavy (non-hydrogen) atoms. The maximum atomic E-state index is 17.2. The Hall–Kier alpha value is -3.54. The van der Waals surface area contributed by atoms with E-state index >= 15 is 4.39 Å². The molecular formula is C34H33ClF3N5O3. The van der Waals surface area contributed by atoms with E-state index in [2.05, 4.69) is 20.1 Å². The summed E-state index contributed by atoms with van der Waals surface area (Å²) in [5.41, 5.74) is -0.0121. The van der Waals surface area contributed by atoms with Gasteiger partial charge in [0.25, 0.3) is 0 Å². The molecule has 6 heterocycles. The Bertz CT molecular complexity index is 1950. The number of hydrogen-bond acceptors (Lipinski definition) is 8. The van der Waals surface area contributed by atoms with E-state index in [0.717, 1.165) is 32.2 Å². The first-order chi connectivity index (χ1) is 22.2. The highest BCUT2D eigenvalue weighted by molar-refractivity contribution is 6.37. The van der Waals surface area contributed by atoms with Crippen molar-refractivity contribution in [3.8, 4) is 28.6 Å². The topological polar surface area (TPSA) is 83.0 Å². The Balaban J connectivity index is 1.26. The van der Waals surface area contributed by atoms with Gasteiger partial charge in [0.1, 0.15) is 42.3 Å². The van der Waals surface area contributed by atoms with Crippen LogP contribution in [0.25, 0.3) is 32.8 Å². The van der Waals surface area contributed by atoms with Gasteiger partial charge >= 0.3 is 6.01 Å². The number of fused-ring (bicyclic) bond motifs is 7. The molecule has 5 atom stereocenters. The van der Waals surface area contributed by atoms with Crippen LogP contribution in [0.2, 0.25) is 5.02 Å². The van der Waals surface area contributed by atoms with Crippen molar-refractivity contribution in [1.29, 1.82) is 0 Å². The number of nitrogens with zero attached hydrogens (tertiary/aromatic N) is 4. The van der Waals surface area contributed by atoms with Crippen molar-refractivity contribution in [3.63, 3.8) is 0 Å². The number of aromatic nitrogens is 2. The lowest BCUT2D eigenvalue weighted by Crippen LogP contribution is -2.60. The van der Waals surface area contributed by atoms with Crippen LogP contribution in [-0.4, -0.2) is 82.7 Å². The summed E-state index contributed by atoms with van der Waals surface area (Å²) in [6, 6.07) is 6.06. The monoisotopic (exact) mass is 651 g/mol. The summed E-state index contributed by atoms with van der Waals surface area (Å²) in [5.74, 6) is -0.610. The van der Waals surface area contributed by atoms with Crippen molar-refractivity contribution < 1.29 is 27.8 Å². The fourth-order valence-electron chi connectivity index (χ4n) is 8.84. The van der Waals surface area contributed by atoms with Crippen molar-refractivity contribution in [1.82, 2.24) is 20.2 Å². The Labute approximate surface area is 268 Å². The Morgan fingerprint density at radius 1 is 1.17 bits per heavy atom. The van der Waals surface area contributed by atoms with E-state index in [1.807, 2.05) is 0 Å². The molecule has 0 radical (unpaired) electrons. The van der Waals surface area contributed by atoms with E-state index in [1.165, 1.54) is 18.2 Å². The van der Waals surface area contributed by atoms with E-state index in [0.29, 0.717) is 47.1 Å². The summed E-state index contributed by atoms with van der Waals surface area (Å²) in [6.07, 6.45) is 3.21. The average molecular weight is 652 g/mol. The average Bonchev–Trinajstić information content (AvgIpc) is 3.66. The normalized spacial score (nSPS) is 28.4. The zero-order valence-electron chi connectivity index (χ0n) is 25.3. The number of aryl methyl sites for hydroxylation is 1. The van der Waals surface area contributed by atoms with Crippen molar-refractivity contribution >= 4 is 39.1 Å². The number of phenolic OH excluding ortho intramolecular Hbond substituents is 1. The van der Waals surface area contributed by atoms with Gasteiger partial charge in [-0.25, -0.2) is 13.2 Å². The van der Waals surface area contributed by atoms with Gasteiger partial charge in [-0.2, -0.15) is 9.97 Å². The van der Waals surface area contributed by atoms with Crippen LogP contribution in [0.1, 0.15) is 37.7 Å². The highest BCUT2D eigenvalue weighted by atomic mass is 35.5. The molecule has 0 spiro atoms. The lowest BCUT2D eigenvalue weighted by molar-refractivity contribution is 0.107. The molecule has 2 bridgehead atoms. The number of alkyl halides is 1. The molecule has 5 aliphatic heterocycles. The third-order valence-electron chi connectivity index (χ3n) is 11.0. The lowest BCUT2D eigenvalue weighted by Gasteiger charge is -2.40. The number of benzene rings is 3. The number of rotatable bonds is 4. The first-order valence-electron chi connectivity index (χ1n) is 16.0. The summed E-state index contributed by atoms with van der Waals surface area (Å²) >= 11 is 7.09. The second-order valence-corrected chi connectivity index (χ2v) is 14.0. The third kappa shape index (κ3) is 4.13. The van der Waals surface area contributed by atoms with Gasteiger partial charge in [0.05, 0.1) is 22.0 Å². The first-order valence-corrected chi connectivity index (χ1v) is 16.4. The molecule has 4 saturated heterocycles. The highest BCUT2D eigenvalue weighted by Crippen LogP contribution is 2.51. The van der Waals surface area contributed by atoms with Crippen LogP contribution in [0.15, 0.2) is 24.3 Å². The molecule has 4 fully saturated rings. The predicted molar refractivity (Wildman–Crippen MR) is 169 cm³/mol. The molecule has 240 valence electrons. The minimum atomic E-state index is -0.921. The van der Waals surface area contributed by atoms with Crippen LogP contribution in [0.4, 0.5) is 19.0 Å². The van der Waals surface area contributed by atoms with E-state index in [4.69, 9.17) is 26.1 Å². The van der Waals surface area contributed by atoms with Gasteiger partial charge in [0.15, 0.2) is 11.6 Å². The van der Waals surface area contributed by atoms with Crippen LogP contribution in [0.5, 0.6) is 17.5 Å². The van der Waals surface area contributed by atoms with Gasteiger partial charge in [0, 0.05) is 37.2 Å². The van der Waals surface area contributed by atoms with E-state index < -0.39 is 23.3 Å². The van der Waals surface area contributed by atoms with E-state index in [-0.39, 0.29) is 70.5 Å². The predicted octanol–water partition coefficient (Wildman–Crippen LogP) is 6.05. The Morgan fingerprint density at radius 2 is 2.04 bits per heavy atom. The van der Waals surface area contributed by atoms with Gasteiger partial charge < -0.3 is 24.8 Å². The minimum absolute atomic E-state index is 0.00122. The molecule has 1 aromatic heterocycles. The summed E-state index contributed by atoms with van der Waals surface area (Å²) in [5, 5.41) is 15.7. The second-order valence-electron chi connectivity index (χ2n) is 13.6. The van der Waals surface area contributed by atoms with E-state index in [9.17, 15) is 13.9 Å². The summed E-state index contributed by atoms with van der Waals surface area (Å²) in [6.45, 7) is 3.92. The Kier molecular flexibility index (Phi) is 6.37. The summed E-state index contributed by atoms with van der Waals surface area (Å²) < 4.78 is 59.4. The number of hydrogen-bond donors (Lipinski definition) is 2. The molecular weight excluding hydrogens is 619 g/mol.